The van der Waals surface area contributed by atoms with E-state index >= 15 is 0 Å². The molecule has 0 amide bonds. The van der Waals surface area contributed by atoms with Gasteiger partial charge in [0, 0.05) is 10.8 Å². The molecule has 10 aromatic rings. The summed E-state index contributed by atoms with van der Waals surface area (Å²) in [7, 11) is 0. The van der Waals surface area contributed by atoms with Crippen LogP contribution in [0.4, 0.5) is 0 Å². The molecule has 1 aromatic heterocycles. The summed E-state index contributed by atoms with van der Waals surface area (Å²) >= 11 is 0. The molecule has 0 unspecified atom stereocenters. The topological polar surface area (TPSA) is 13.1 Å². The van der Waals surface area contributed by atoms with Crippen molar-refractivity contribution >= 4 is 65.0 Å². The molecule has 0 aliphatic carbocycles. The van der Waals surface area contributed by atoms with Crippen molar-refractivity contribution in [3.8, 4) is 33.4 Å². The Balaban J connectivity index is 1.50. The van der Waals surface area contributed by atoms with Crippen molar-refractivity contribution in [2.24, 2.45) is 0 Å². The number of benzene rings is 9. The summed E-state index contributed by atoms with van der Waals surface area (Å²) in [5.41, 5.74) is -5.98. The van der Waals surface area contributed by atoms with Gasteiger partial charge in [-0.1, -0.05) is 145 Å². The number of furan rings is 1. The summed E-state index contributed by atoms with van der Waals surface area (Å²) in [6.07, 6.45) is 0. The summed E-state index contributed by atoms with van der Waals surface area (Å²) in [4.78, 5) is 0. The van der Waals surface area contributed by atoms with E-state index in [1.807, 2.05) is 0 Å². The Morgan fingerprint density at radius 1 is 0.319 bits per heavy atom. The minimum Gasteiger partial charge on any atom is -0.456 e. The zero-order valence-electron chi connectivity index (χ0n) is 51.4. The van der Waals surface area contributed by atoms with E-state index in [4.69, 9.17) is 26.3 Å². The molecule has 0 atom stereocenters. The molecule has 10 rings (SSSR count). The Labute approximate surface area is 311 Å². The standard InChI is InChI=1S/C46H28O/c1-2-14-33-29(11-1)23-25-36-34(20-10-21-35(33)36)30-12-9-13-31(27-30)45-38-16-3-5-18-40(38)46(41-19-6-4-17-39(41)45)32-24-26-44-42(28-32)37-15-7-8-22-43(37)47-44/h1-28H/i1D,2D,3D,4D,5D,6D,7D,8D,9D,10D,11D,12D,13D,14D,15D,16D,17D,18D,19D,20D,21D,22D,23D,24D,25D,26D,27D,28D. The molecule has 0 aliphatic rings. The van der Waals surface area contributed by atoms with Crippen molar-refractivity contribution in [2.75, 3.05) is 0 Å². The number of para-hydroxylation sites is 1. The Hall–Kier alpha value is -6.18. The van der Waals surface area contributed by atoms with Gasteiger partial charge in [-0.25, -0.2) is 0 Å². The Morgan fingerprint density at radius 3 is 1.62 bits per heavy atom. The van der Waals surface area contributed by atoms with Crippen LogP contribution in [0.15, 0.2) is 174 Å². The van der Waals surface area contributed by atoms with Gasteiger partial charge < -0.3 is 4.42 Å². The molecule has 1 nitrogen and oxygen atoms in total. The fraction of sp³-hybridized carbons (Fsp3) is 0. The molecule has 218 valence electrons. The highest BCUT2D eigenvalue weighted by Crippen LogP contribution is 2.45. The zero-order valence-corrected chi connectivity index (χ0v) is 23.4. The smallest absolute Gasteiger partial charge is 0.135 e. The number of hydrogen-bond donors (Lipinski definition) is 0. The van der Waals surface area contributed by atoms with Crippen molar-refractivity contribution in [1.29, 1.82) is 0 Å². The van der Waals surface area contributed by atoms with Crippen LogP contribution in [0.2, 0.25) is 0 Å². The average Bonchev–Trinajstić information content (AvgIpc) is 3.79. The van der Waals surface area contributed by atoms with Crippen LogP contribution < -0.4 is 0 Å². The minimum atomic E-state index is -1.11. The number of fused-ring (bicyclic) bond motifs is 8. The van der Waals surface area contributed by atoms with Gasteiger partial charge >= 0.3 is 0 Å². The molecule has 0 bridgehead atoms. The average molecular weight is 625 g/mol. The van der Waals surface area contributed by atoms with Gasteiger partial charge in [-0.05, 0) is 101 Å². The maximum absolute atomic E-state index is 9.96. The third-order valence-corrected chi connectivity index (χ3v) is 7.76. The van der Waals surface area contributed by atoms with Crippen LogP contribution >= 0.6 is 0 Å². The molecular formula is C46H28O. The second-order valence-corrected chi connectivity index (χ2v) is 10.3. The van der Waals surface area contributed by atoms with Crippen LogP contribution in [0.5, 0.6) is 0 Å². The Kier molecular flexibility index (Phi) is 2.31. The Morgan fingerprint density at radius 2 is 0.872 bits per heavy atom. The zero-order chi connectivity index (χ0) is 55.3. The molecule has 1 heterocycles. The minimum absolute atomic E-state index is 0.439. The summed E-state index contributed by atoms with van der Waals surface area (Å²) in [5.74, 6) is 0. The molecule has 0 saturated heterocycles. The first-order chi connectivity index (χ1) is 35.0. The molecule has 9 aromatic carbocycles. The first-order valence-electron chi connectivity index (χ1n) is 27.9. The van der Waals surface area contributed by atoms with Gasteiger partial charge in [0.15, 0.2) is 0 Å². The first kappa shape index (κ1) is 10.7. The lowest BCUT2D eigenvalue weighted by atomic mass is 9.85. The molecule has 0 spiro atoms. The molecular weight excluding hydrogens is 569 g/mol. The van der Waals surface area contributed by atoms with Crippen LogP contribution in [-0.4, -0.2) is 0 Å². The van der Waals surface area contributed by atoms with E-state index in [2.05, 4.69) is 0 Å². The van der Waals surface area contributed by atoms with Gasteiger partial charge in [-0.3, -0.25) is 0 Å². The van der Waals surface area contributed by atoms with E-state index in [9.17, 15) is 16.4 Å². The van der Waals surface area contributed by atoms with Crippen molar-refractivity contribution < 1.29 is 42.8 Å². The van der Waals surface area contributed by atoms with Gasteiger partial charge in [0.05, 0.1) is 38.4 Å². The fourth-order valence-electron chi connectivity index (χ4n) is 5.77. The van der Waals surface area contributed by atoms with Crippen LogP contribution in [0.1, 0.15) is 38.4 Å². The van der Waals surface area contributed by atoms with Crippen LogP contribution in [0, 0.1) is 0 Å². The number of rotatable bonds is 3. The van der Waals surface area contributed by atoms with Crippen LogP contribution in [0.25, 0.3) is 98.4 Å². The van der Waals surface area contributed by atoms with Crippen molar-refractivity contribution in [2.45, 2.75) is 0 Å². The SMILES string of the molecule is [2H]c1c([2H])c(-c2c3c([2H])c([2H])c([2H])c([2H])c3c(-c3c([2H])c([2H])c4oc5c([2H])c([2H])c([2H])c([2H])c5c4c3[2H])c3c([2H])c([2H])c([2H])c([2H])c23)c([2H])c(-c2c([2H])c([2H])c([2H])c3c2c([2H])c([2H])c2c([2H])c([2H])c([2H])c([2H])c23)c1[2H]. The van der Waals surface area contributed by atoms with E-state index in [0.29, 0.717) is 0 Å². The van der Waals surface area contributed by atoms with Gasteiger partial charge in [-0.2, -0.15) is 0 Å². The molecule has 0 aliphatic heterocycles. The van der Waals surface area contributed by atoms with Crippen molar-refractivity contribution in [1.82, 2.24) is 0 Å². The molecule has 0 radical (unpaired) electrons. The largest absolute Gasteiger partial charge is 0.456 e. The summed E-state index contributed by atoms with van der Waals surface area (Å²) < 4.78 is 259. The van der Waals surface area contributed by atoms with E-state index in [0.717, 1.165) is 0 Å². The maximum Gasteiger partial charge on any atom is 0.135 e. The third kappa shape index (κ3) is 3.97. The maximum atomic E-state index is 9.96. The highest BCUT2D eigenvalue weighted by Gasteiger charge is 2.18. The monoisotopic (exact) mass is 624 g/mol. The highest BCUT2D eigenvalue weighted by molar-refractivity contribution is 6.22. The summed E-state index contributed by atoms with van der Waals surface area (Å²) in [6, 6.07) is -26.1. The van der Waals surface area contributed by atoms with E-state index in [-0.39, 0.29) is 0 Å². The molecule has 47 heavy (non-hydrogen) atoms. The van der Waals surface area contributed by atoms with Crippen molar-refractivity contribution in [3.63, 3.8) is 0 Å². The fourth-order valence-corrected chi connectivity index (χ4v) is 5.77. The summed E-state index contributed by atoms with van der Waals surface area (Å²) in [6.45, 7) is 0. The molecule has 0 N–H and O–H groups in total. The Bertz CT molecular complexity index is 4360. The third-order valence-electron chi connectivity index (χ3n) is 7.76. The van der Waals surface area contributed by atoms with Gasteiger partial charge in [0.2, 0.25) is 0 Å². The summed E-state index contributed by atoms with van der Waals surface area (Å²) in [5, 5.41) is -6.36. The van der Waals surface area contributed by atoms with E-state index in [1.165, 1.54) is 0 Å². The quantitative estimate of drug-likeness (QED) is 0.141. The lowest BCUT2D eigenvalue weighted by Gasteiger charge is -2.18. The van der Waals surface area contributed by atoms with E-state index < -0.39 is 268 Å². The van der Waals surface area contributed by atoms with Gasteiger partial charge in [0.1, 0.15) is 11.2 Å². The predicted molar refractivity (Wildman–Crippen MR) is 200 cm³/mol. The van der Waals surface area contributed by atoms with Crippen LogP contribution in [-0.2, 0) is 0 Å². The van der Waals surface area contributed by atoms with Crippen LogP contribution in [0.3, 0.4) is 0 Å². The molecule has 1 heteroatoms. The van der Waals surface area contributed by atoms with E-state index in [1.54, 1.807) is 0 Å². The normalized spacial score (nSPS) is 20.2. The first-order valence-corrected chi connectivity index (χ1v) is 13.9. The lowest BCUT2D eigenvalue weighted by Crippen LogP contribution is -1.91. The number of hydrogen-bond acceptors (Lipinski definition) is 1. The van der Waals surface area contributed by atoms with Crippen molar-refractivity contribution in [3.05, 3.63) is 169 Å². The second-order valence-electron chi connectivity index (χ2n) is 10.3. The molecule has 0 saturated carbocycles. The molecule has 0 fully saturated rings. The second kappa shape index (κ2) is 10.2. The highest BCUT2D eigenvalue weighted by atomic mass is 16.3. The lowest BCUT2D eigenvalue weighted by molar-refractivity contribution is 0.669. The predicted octanol–water partition coefficient (Wildman–Crippen LogP) is 13.2. The van der Waals surface area contributed by atoms with Gasteiger partial charge in [0.25, 0.3) is 0 Å². The van der Waals surface area contributed by atoms with Gasteiger partial charge in [-0.15, -0.1) is 0 Å².